The smallest absolute Gasteiger partial charge is 0.153 e. The van der Waals surface area contributed by atoms with Crippen molar-refractivity contribution in [1.29, 1.82) is 0 Å². The highest BCUT2D eigenvalue weighted by Gasteiger charge is 2.29. The number of benzene rings is 1. The summed E-state index contributed by atoms with van der Waals surface area (Å²) in [7, 11) is 1.98. The summed E-state index contributed by atoms with van der Waals surface area (Å²) in [6, 6.07) is 5.81. The van der Waals surface area contributed by atoms with Gasteiger partial charge in [-0.05, 0) is 25.5 Å². The lowest BCUT2D eigenvalue weighted by atomic mass is 10.1. The molecular formula is C13H16ClNO2. The molecule has 1 heterocycles. The fraction of sp³-hybridized carbons (Fsp3) is 0.462. The minimum Gasteiger partial charge on any atom is -0.376 e. The van der Waals surface area contributed by atoms with E-state index in [4.69, 9.17) is 16.3 Å². The topological polar surface area (TPSA) is 29.5 Å². The molecule has 17 heavy (non-hydrogen) atoms. The van der Waals surface area contributed by atoms with E-state index < -0.39 is 0 Å². The fourth-order valence-electron chi connectivity index (χ4n) is 2.36. The Morgan fingerprint density at radius 1 is 1.53 bits per heavy atom. The van der Waals surface area contributed by atoms with E-state index in [0.717, 1.165) is 25.0 Å². The molecule has 1 aromatic carbocycles. The summed E-state index contributed by atoms with van der Waals surface area (Å²) < 4.78 is 5.55. The van der Waals surface area contributed by atoms with Crippen LogP contribution in [0.25, 0.3) is 0 Å². The first-order chi connectivity index (χ1) is 8.15. The molecule has 1 fully saturated rings. The molecular weight excluding hydrogens is 238 g/mol. The first-order valence-corrected chi connectivity index (χ1v) is 6.11. The number of carbonyl (C=O) groups excluding carboxylic acids is 1. The van der Waals surface area contributed by atoms with Gasteiger partial charge in [0.15, 0.2) is 6.29 Å². The van der Waals surface area contributed by atoms with Crippen molar-refractivity contribution in [3.8, 4) is 0 Å². The standard InChI is InChI=1S/C13H16ClNO2/c1-9-12(6-7-17-9)15(2)13-5-3-4-11(14)10(13)8-16/h3-5,8-9,12H,6-7H2,1-2H3. The molecule has 0 spiro atoms. The summed E-state index contributed by atoms with van der Waals surface area (Å²) in [6.07, 6.45) is 1.97. The summed E-state index contributed by atoms with van der Waals surface area (Å²) >= 11 is 6.03. The highest BCUT2D eigenvalue weighted by atomic mass is 35.5. The van der Waals surface area contributed by atoms with Crippen LogP contribution in [0.2, 0.25) is 5.02 Å². The first kappa shape index (κ1) is 12.4. The number of ether oxygens (including phenoxy) is 1. The molecule has 1 saturated heterocycles. The normalized spacial score (nSPS) is 23.7. The highest BCUT2D eigenvalue weighted by Crippen LogP contribution is 2.29. The predicted molar refractivity (Wildman–Crippen MR) is 69.1 cm³/mol. The Bertz CT molecular complexity index is 422. The van der Waals surface area contributed by atoms with Gasteiger partial charge in [0.05, 0.1) is 22.7 Å². The molecule has 0 N–H and O–H groups in total. The van der Waals surface area contributed by atoms with Crippen molar-refractivity contribution in [3.05, 3.63) is 28.8 Å². The van der Waals surface area contributed by atoms with Crippen LogP contribution in [0.5, 0.6) is 0 Å². The van der Waals surface area contributed by atoms with Crippen molar-refractivity contribution < 1.29 is 9.53 Å². The number of halogens is 1. The third kappa shape index (κ3) is 2.31. The number of rotatable bonds is 3. The average Bonchev–Trinajstić information content (AvgIpc) is 2.74. The molecule has 3 nitrogen and oxygen atoms in total. The van der Waals surface area contributed by atoms with Gasteiger partial charge < -0.3 is 9.64 Å². The van der Waals surface area contributed by atoms with Crippen LogP contribution in [0, 0.1) is 0 Å². The van der Waals surface area contributed by atoms with E-state index in [1.165, 1.54) is 0 Å². The molecule has 1 aliphatic rings. The van der Waals surface area contributed by atoms with Crippen molar-refractivity contribution in [1.82, 2.24) is 0 Å². The van der Waals surface area contributed by atoms with Crippen LogP contribution in [0.4, 0.5) is 5.69 Å². The molecule has 0 radical (unpaired) electrons. The van der Waals surface area contributed by atoms with Crippen LogP contribution in [0.15, 0.2) is 18.2 Å². The van der Waals surface area contributed by atoms with Gasteiger partial charge in [0.2, 0.25) is 0 Å². The molecule has 0 amide bonds. The van der Waals surface area contributed by atoms with E-state index in [1.807, 2.05) is 19.2 Å². The number of nitrogens with zero attached hydrogens (tertiary/aromatic N) is 1. The van der Waals surface area contributed by atoms with Crippen molar-refractivity contribution in [3.63, 3.8) is 0 Å². The largest absolute Gasteiger partial charge is 0.376 e. The molecule has 2 rings (SSSR count). The second kappa shape index (κ2) is 5.07. The van der Waals surface area contributed by atoms with E-state index in [1.54, 1.807) is 6.07 Å². The Morgan fingerprint density at radius 3 is 2.88 bits per heavy atom. The summed E-state index contributed by atoms with van der Waals surface area (Å²) in [6.45, 7) is 2.83. The van der Waals surface area contributed by atoms with Crippen LogP contribution >= 0.6 is 11.6 Å². The average molecular weight is 254 g/mol. The number of aldehydes is 1. The molecule has 0 bridgehead atoms. The SMILES string of the molecule is CC1OCCC1N(C)c1cccc(Cl)c1C=O. The molecule has 2 atom stereocenters. The molecule has 4 heteroatoms. The van der Waals surface area contributed by atoms with Crippen LogP contribution in [-0.4, -0.2) is 32.1 Å². The maximum Gasteiger partial charge on any atom is 0.153 e. The van der Waals surface area contributed by atoms with E-state index >= 15 is 0 Å². The summed E-state index contributed by atoms with van der Waals surface area (Å²) in [5.41, 5.74) is 1.42. The van der Waals surface area contributed by atoms with Crippen molar-refractivity contribution in [2.24, 2.45) is 0 Å². The van der Waals surface area contributed by atoms with Crippen molar-refractivity contribution in [2.75, 3.05) is 18.6 Å². The molecule has 2 unspecified atom stereocenters. The second-order valence-corrected chi connectivity index (χ2v) is 4.74. The molecule has 1 aliphatic heterocycles. The van der Waals surface area contributed by atoms with Crippen LogP contribution in [-0.2, 0) is 4.74 Å². The molecule has 92 valence electrons. The fourth-order valence-corrected chi connectivity index (χ4v) is 2.57. The van der Waals surface area contributed by atoms with Gasteiger partial charge in [-0.15, -0.1) is 0 Å². The maximum absolute atomic E-state index is 11.1. The first-order valence-electron chi connectivity index (χ1n) is 5.73. The zero-order chi connectivity index (χ0) is 12.4. The second-order valence-electron chi connectivity index (χ2n) is 4.33. The number of hydrogen-bond donors (Lipinski definition) is 0. The minimum absolute atomic E-state index is 0.179. The molecule has 1 aromatic rings. The number of carbonyl (C=O) groups is 1. The lowest BCUT2D eigenvalue weighted by Crippen LogP contribution is -2.37. The van der Waals surface area contributed by atoms with Gasteiger partial charge in [-0.1, -0.05) is 17.7 Å². The summed E-state index contributed by atoms with van der Waals surface area (Å²) in [5.74, 6) is 0. The number of anilines is 1. The lowest BCUT2D eigenvalue weighted by Gasteiger charge is -2.30. The van der Waals surface area contributed by atoms with Gasteiger partial charge in [0.1, 0.15) is 0 Å². The van der Waals surface area contributed by atoms with E-state index in [-0.39, 0.29) is 6.10 Å². The Kier molecular flexibility index (Phi) is 3.69. The van der Waals surface area contributed by atoms with Crippen LogP contribution in [0.1, 0.15) is 23.7 Å². The van der Waals surface area contributed by atoms with Gasteiger partial charge in [0.25, 0.3) is 0 Å². The molecule has 0 aromatic heterocycles. The quantitative estimate of drug-likeness (QED) is 0.776. The number of likely N-dealkylation sites (N-methyl/N-ethyl adjacent to an activating group) is 1. The van der Waals surface area contributed by atoms with Crippen molar-refractivity contribution in [2.45, 2.75) is 25.5 Å². The maximum atomic E-state index is 11.1. The Labute approximate surface area is 106 Å². The third-order valence-electron chi connectivity index (χ3n) is 3.36. The Morgan fingerprint density at radius 2 is 2.29 bits per heavy atom. The van der Waals surface area contributed by atoms with E-state index in [2.05, 4.69) is 11.8 Å². The zero-order valence-corrected chi connectivity index (χ0v) is 10.8. The van der Waals surface area contributed by atoms with Gasteiger partial charge in [-0.3, -0.25) is 4.79 Å². The Balaban J connectivity index is 2.33. The van der Waals surface area contributed by atoms with Gasteiger partial charge in [-0.2, -0.15) is 0 Å². The third-order valence-corrected chi connectivity index (χ3v) is 3.69. The molecule has 0 aliphatic carbocycles. The molecule has 0 saturated carbocycles. The number of hydrogen-bond acceptors (Lipinski definition) is 3. The predicted octanol–water partition coefficient (Wildman–Crippen LogP) is 2.77. The van der Waals surface area contributed by atoms with Gasteiger partial charge >= 0.3 is 0 Å². The van der Waals surface area contributed by atoms with Gasteiger partial charge in [-0.25, -0.2) is 0 Å². The Hall–Kier alpha value is -1.06. The van der Waals surface area contributed by atoms with Crippen molar-refractivity contribution >= 4 is 23.6 Å². The lowest BCUT2D eigenvalue weighted by molar-refractivity contribution is 0.112. The van der Waals surface area contributed by atoms with E-state index in [0.29, 0.717) is 16.6 Å². The summed E-state index contributed by atoms with van der Waals surface area (Å²) in [4.78, 5) is 13.2. The van der Waals surface area contributed by atoms with Crippen LogP contribution in [0.3, 0.4) is 0 Å². The highest BCUT2D eigenvalue weighted by molar-refractivity contribution is 6.33. The summed E-state index contributed by atoms with van der Waals surface area (Å²) in [5, 5.41) is 0.496. The van der Waals surface area contributed by atoms with Crippen LogP contribution < -0.4 is 4.90 Å². The minimum atomic E-state index is 0.179. The monoisotopic (exact) mass is 253 g/mol. The zero-order valence-electron chi connectivity index (χ0n) is 10.0. The van der Waals surface area contributed by atoms with Gasteiger partial charge in [0, 0.05) is 19.3 Å². The van der Waals surface area contributed by atoms with E-state index in [9.17, 15) is 4.79 Å².